The summed E-state index contributed by atoms with van der Waals surface area (Å²) in [7, 11) is 0. The molecule has 1 atom stereocenters. The molecular weight excluding hydrogens is 781 g/mol. The average molecular weight is 889 g/mol. The van der Waals surface area contributed by atoms with Gasteiger partial charge in [0.05, 0.1) is 0 Å². The third-order valence-corrected chi connectivity index (χ3v) is 12.8. The molecule has 0 aromatic carbocycles. The minimum Gasteiger partial charge on any atom is -0.462 e. The molecular formula is C57H108O6. The fourth-order valence-corrected chi connectivity index (χ4v) is 8.50. The first kappa shape index (κ1) is 61.1. The minimum absolute atomic E-state index is 0.0687. The van der Waals surface area contributed by atoms with E-state index in [0.29, 0.717) is 19.3 Å². The van der Waals surface area contributed by atoms with Gasteiger partial charge in [0.1, 0.15) is 13.2 Å². The SMILES string of the molecule is CCCCCCCC/C=C/CCCCCC(=O)OC[C@@H](COC(=O)CCCCCCCCCCCCCCCCCCC)OC(=O)CCCCCCCCCCCCCCCCC. The highest BCUT2D eigenvalue weighted by Gasteiger charge is 2.19. The van der Waals surface area contributed by atoms with Crippen LogP contribution in [0.15, 0.2) is 12.2 Å². The van der Waals surface area contributed by atoms with Gasteiger partial charge < -0.3 is 14.2 Å². The van der Waals surface area contributed by atoms with E-state index < -0.39 is 6.10 Å². The quantitative estimate of drug-likeness (QED) is 0.0262. The Kier molecular flexibility index (Phi) is 51.2. The Labute approximate surface area is 392 Å². The Bertz CT molecular complexity index is 978. The van der Waals surface area contributed by atoms with Crippen molar-refractivity contribution in [2.24, 2.45) is 0 Å². The topological polar surface area (TPSA) is 78.9 Å². The molecule has 0 unspecified atom stereocenters. The Balaban J connectivity index is 4.31. The van der Waals surface area contributed by atoms with E-state index in [1.165, 1.54) is 212 Å². The lowest BCUT2D eigenvalue weighted by atomic mass is 10.0. The summed E-state index contributed by atoms with van der Waals surface area (Å²) in [4.78, 5) is 38.1. The summed E-state index contributed by atoms with van der Waals surface area (Å²) in [5, 5.41) is 0. The van der Waals surface area contributed by atoms with Crippen molar-refractivity contribution < 1.29 is 28.6 Å². The van der Waals surface area contributed by atoms with Gasteiger partial charge in [-0.1, -0.05) is 264 Å². The molecule has 0 aromatic heterocycles. The van der Waals surface area contributed by atoms with E-state index in [4.69, 9.17) is 14.2 Å². The van der Waals surface area contributed by atoms with Crippen LogP contribution >= 0.6 is 0 Å². The van der Waals surface area contributed by atoms with E-state index >= 15 is 0 Å². The van der Waals surface area contributed by atoms with Crippen LogP contribution < -0.4 is 0 Å². The highest BCUT2D eigenvalue weighted by Crippen LogP contribution is 2.17. The molecule has 0 aliphatic heterocycles. The summed E-state index contributed by atoms with van der Waals surface area (Å²) in [6.07, 6.45) is 59.1. The van der Waals surface area contributed by atoms with Gasteiger partial charge in [0.15, 0.2) is 6.10 Å². The van der Waals surface area contributed by atoms with E-state index in [1.807, 2.05) is 0 Å². The second-order valence-corrected chi connectivity index (χ2v) is 19.2. The molecule has 0 N–H and O–H groups in total. The van der Waals surface area contributed by atoms with E-state index in [0.717, 1.165) is 64.2 Å². The first-order chi connectivity index (χ1) is 31.0. The smallest absolute Gasteiger partial charge is 0.306 e. The maximum absolute atomic E-state index is 12.8. The van der Waals surface area contributed by atoms with Crippen LogP contribution in [-0.2, 0) is 28.6 Å². The summed E-state index contributed by atoms with van der Waals surface area (Å²) in [5.74, 6) is -0.863. The van der Waals surface area contributed by atoms with Crippen LogP contribution in [0.4, 0.5) is 0 Å². The molecule has 0 bridgehead atoms. The van der Waals surface area contributed by atoms with Gasteiger partial charge in [0.25, 0.3) is 0 Å². The zero-order valence-corrected chi connectivity index (χ0v) is 42.6. The Morgan fingerprint density at radius 2 is 0.524 bits per heavy atom. The summed E-state index contributed by atoms with van der Waals surface area (Å²) in [6, 6.07) is 0. The molecule has 6 heteroatoms. The van der Waals surface area contributed by atoms with Crippen molar-refractivity contribution in [1.29, 1.82) is 0 Å². The Morgan fingerprint density at radius 1 is 0.302 bits per heavy atom. The number of ether oxygens (including phenoxy) is 3. The molecule has 0 amide bonds. The van der Waals surface area contributed by atoms with Gasteiger partial charge in [-0.25, -0.2) is 0 Å². The predicted molar refractivity (Wildman–Crippen MR) is 270 cm³/mol. The molecule has 0 saturated carbocycles. The maximum atomic E-state index is 12.8. The zero-order chi connectivity index (χ0) is 45.8. The molecule has 0 fully saturated rings. The van der Waals surface area contributed by atoms with Crippen molar-refractivity contribution in [2.75, 3.05) is 13.2 Å². The van der Waals surface area contributed by atoms with E-state index in [1.54, 1.807) is 0 Å². The van der Waals surface area contributed by atoms with Crippen molar-refractivity contribution in [3.05, 3.63) is 12.2 Å². The zero-order valence-electron chi connectivity index (χ0n) is 42.6. The van der Waals surface area contributed by atoms with E-state index in [9.17, 15) is 14.4 Å². The maximum Gasteiger partial charge on any atom is 0.306 e. The van der Waals surface area contributed by atoms with Gasteiger partial charge in [-0.15, -0.1) is 0 Å². The van der Waals surface area contributed by atoms with Crippen LogP contribution in [0.1, 0.15) is 316 Å². The Hall–Kier alpha value is -1.85. The van der Waals surface area contributed by atoms with Crippen LogP contribution in [0.5, 0.6) is 0 Å². The molecule has 0 aliphatic rings. The van der Waals surface area contributed by atoms with Crippen molar-refractivity contribution in [1.82, 2.24) is 0 Å². The fraction of sp³-hybridized carbons (Fsp3) is 0.912. The molecule has 63 heavy (non-hydrogen) atoms. The van der Waals surface area contributed by atoms with Crippen LogP contribution in [0.25, 0.3) is 0 Å². The number of carbonyl (C=O) groups excluding carboxylic acids is 3. The third-order valence-electron chi connectivity index (χ3n) is 12.8. The number of allylic oxidation sites excluding steroid dienone is 2. The summed E-state index contributed by atoms with van der Waals surface area (Å²) < 4.78 is 16.8. The van der Waals surface area contributed by atoms with Crippen molar-refractivity contribution in [3.63, 3.8) is 0 Å². The number of carbonyl (C=O) groups is 3. The fourth-order valence-electron chi connectivity index (χ4n) is 8.50. The summed E-state index contributed by atoms with van der Waals surface area (Å²) in [5.41, 5.74) is 0. The van der Waals surface area contributed by atoms with Gasteiger partial charge in [0, 0.05) is 19.3 Å². The van der Waals surface area contributed by atoms with Crippen LogP contribution in [0, 0.1) is 0 Å². The Morgan fingerprint density at radius 3 is 0.810 bits per heavy atom. The number of rotatable bonds is 52. The first-order valence-electron chi connectivity index (χ1n) is 28.2. The molecule has 0 rings (SSSR count). The number of unbranched alkanes of at least 4 members (excludes halogenated alkanes) is 39. The van der Waals surface area contributed by atoms with Crippen molar-refractivity contribution >= 4 is 17.9 Å². The molecule has 0 aliphatic carbocycles. The molecule has 0 heterocycles. The lowest BCUT2D eigenvalue weighted by molar-refractivity contribution is -0.167. The monoisotopic (exact) mass is 889 g/mol. The predicted octanol–water partition coefficient (Wildman–Crippen LogP) is 18.5. The number of hydrogen-bond acceptors (Lipinski definition) is 6. The van der Waals surface area contributed by atoms with Crippen molar-refractivity contribution in [3.8, 4) is 0 Å². The van der Waals surface area contributed by atoms with Crippen molar-refractivity contribution in [2.45, 2.75) is 322 Å². The molecule has 6 nitrogen and oxygen atoms in total. The highest BCUT2D eigenvalue weighted by atomic mass is 16.6. The van der Waals surface area contributed by atoms with E-state index in [-0.39, 0.29) is 31.1 Å². The lowest BCUT2D eigenvalue weighted by Crippen LogP contribution is -2.30. The van der Waals surface area contributed by atoms with Gasteiger partial charge in [0.2, 0.25) is 0 Å². The number of hydrogen-bond donors (Lipinski definition) is 0. The molecule has 0 aromatic rings. The average Bonchev–Trinajstić information content (AvgIpc) is 3.28. The third kappa shape index (κ3) is 51.0. The van der Waals surface area contributed by atoms with Gasteiger partial charge in [-0.2, -0.15) is 0 Å². The molecule has 0 saturated heterocycles. The summed E-state index contributed by atoms with van der Waals surface area (Å²) in [6.45, 7) is 6.67. The molecule has 0 radical (unpaired) electrons. The highest BCUT2D eigenvalue weighted by molar-refractivity contribution is 5.71. The summed E-state index contributed by atoms with van der Waals surface area (Å²) >= 11 is 0. The molecule has 0 spiro atoms. The standard InChI is InChI=1S/C57H108O6/c1-4-7-10-13-16-19-22-25-27-28-30-32-35-38-41-44-47-50-56(59)62-53-54(52-61-55(58)49-46-43-40-37-34-31-24-21-18-15-12-9-6-3)63-57(60)51-48-45-42-39-36-33-29-26-23-20-17-14-11-8-5-2/h31,34,54H,4-30,32-33,35-53H2,1-3H3/b34-31+/t54-/m0/s1. The van der Waals surface area contributed by atoms with Gasteiger partial charge in [-0.3, -0.25) is 14.4 Å². The number of esters is 3. The van der Waals surface area contributed by atoms with Crippen LogP contribution in [0.3, 0.4) is 0 Å². The minimum atomic E-state index is -0.769. The van der Waals surface area contributed by atoms with Gasteiger partial charge in [-0.05, 0) is 44.9 Å². The lowest BCUT2D eigenvalue weighted by Gasteiger charge is -2.18. The molecule has 372 valence electrons. The first-order valence-corrected chi connectivity index (χ1v) is 28.2. The normalized spacial score (nSPS) is 12.0. The van der Waals surface area contributed by atoms with E-state index in [2.05, 4.69) is 32.9 Å². The van der Waals surface area contributed by atoms with Gasteiger partial charge >= 0.3 is 17.9 Å². The van der Waals surface area contributed by atoms with Crippen LogP contribution in [-0.4, -0.2) is 37.2 Å². The largest absolute Gasteiger partial charge is 0.462 e. The second kappa shape index (κ2) is 52.8. The van der Waals surface area contributed by atoms with Crippen LogP contribution in [0.2, 0.25) is 0 Å². The second-order valence-electron chi connectivity index (χ2n) is 19.2.